The first-order valence-electron chi connectivity index (χ1n) is 5.18. The minimum atomic E-state index is -0.777. The van der Waals surface area contributed by atoms with Crippen LogP contribution in [0.4, 0.5) is 0 Å². The molecule has 5 heteroatoms. The molecule has 0 aromatic carbocycles. The van der Waals surface area contributed by atoms with Gasteiger partial charge in [-0.15, -0.1) is 11.3 Å². The molecule has 0 unspecified atom stereocenters. The highest BCUT2D eigenvalue weighted by molar-refractivity contribution is 9.10. The minimum absolute atomic E-state index is 0.375. The van der Waals surface area contributed by atoms with Gasteiger partial charge >= 0.3 is 5.97 Å². The highest BCUT2D eigenvalue weighted by atomic mass is 79.9. The number of rotatable bonds is 6. The Hall–Kier alpha value is -0.390. The molecule has 1 rings (SSSR count). The summed E-state index contributed by atoms with van der Waals surface area (Å²) in [5.41, 5.74) is 0. The number of aliphatic carboxylic acids is 1. The van der Waals surface area contributed by atoms with Crippen LogP contribution in [0.5, 0.6) is 0 Å². The molecule has 0 aliphatic rings. The second-order valence-corrected chi connectivity index (χ2v) is 5.95. The number of hydrogen-bond acceptors (Lipinski definition) is 3. The van der Waals surface area contributed by atoms with Gasteiger partial charge in [0.2, 0.25) is 0 Å². The number of hydrogen-bond donors (Lipinski definition) is 2. The molecule has 0 radical (unpaired) electrons. The molecule has 0 saturated carbocycles. The van der Waals surface area contributed by atoms with Gasteiger partial charge in [0.05, 0.1) is 0 Å². The molecule has 0 saturated heterocycles. The van der Waals surface area contributed by atoms with E-state index >= 15 is 0 Å². The van der Waals surface area contributed by atoms with Crippen LogP contribution in [0.25, 0.3) is 0 Å². The van der Waals surface area contributed by atoms with E-state index in [0.29, 0.717) is 18.9 Å². The fourth-order valence-corrected chi connectivity index (χ4v) is 2.85. The smallest absolute Gasteiger partial charge is 0.320 e. The van der Waals surface area contributed by atoms with Gasteiger partial charge in [-0.25, -0.2) is 0 Å². The third-order valence-corrected chi connectivity index (χ3v) is 4.13. The lowest BCUT2D eigenvalue weighted by atomic mass is 10.0. The summed E-state index contributed by atoms with van der Waals surface area (Å²) in [6.07, 6.45) is 0.651. The van der Waals surface area contributed by atoms with E-state index in [1.165, 1.54) is 0 Å². The summed E-state index contributed by atoms with van der Waals surface area (Å²) < 4.78 is 1.04. The summed E-state index contributed by atoms with van der Waals surface area (Å²) in [5, 5.41) is 14.1. The van der Waals surface area contributed by atoms with Crippen LogP contribution in [-0.4, -0.2) is 17.1 Å². The lowest BCUT2D eigenvalue weighted by molar-refractivity contribution is -0.140. The summed E-state index contributed by atoms with van der Waals surface area (Å²) in [5.74, 6) is -0.401. The lowest BCUT2D eigenvalue weighted by Crippen LogP contribution is -2.37. The van der Waals surface area contributed by atoms with Crippen molar-refractivity contribution in [3.05, 3.63) is 20.8 Å². The van der Waals surface area contributed by atoms with Gasteiger partial charge in [0.1, 0.15) is 6.04 Å². The second kappa shape index (κ2) is 6.37. The predicted octanol–water partition coefficient (Wildman–Crippen LogP) is 3.10. The van der Waals surface area contributed by atoms with Crippen LogP contribution in [0, 0.1) is 5.92 Å². The number of carboxylic acids is 1. The molecule has 2 N–H and O–H groups in total. The minimum Gasteiger partial charge on any atom is -0.480 e. The molecule has 0 amide bonds. The van der Waals surface area contributed by atoms with E-state index in [0.717, 1.165) is 9.35 Å². The zero-order chi connectivity index (χ0) is 12.1. The Labute approximate surface area is 108 Å². The molecule has 1 atom stereocenters. The SMILES string of the molecule is CC(C)C[C@H](NCc1sccc1Br)C(=O)O. The molecule has 16 heavy (non-hydrogen) atoms. The average molecular weight is 306 g/mol. The van der Waals surface area contributed by atoms with Crippen molar-refractivity contribution >= 4 is 33.2 Å². The number of nitrogens with one attached hydrogen (secondary N) is 1. The van der Waals surface area contributed by atoms with Crippen molar-refractivity contribution in [2.24, 2.45) is 5.92 Å². The monoisotopic (exact) mass is 305 g/mol. The standard InChI is InChI=1S/C11H16BrNO2S/c1-7(2)5-9(11(14)15)13-6-10-8(12)3-4-16-10/h3-4,7,9,13H,5-6H2,1-2H3,(H,14,15)/t9-/m0/s1. The van der Waals surface area contributed by atoms with Crippen molar-refractivity contribution in [1.29, 1.82) is 0 Å². The van der Waals surface area contributed by atoms with Crippen LogP contribution in [0.15, 0.2) is 15.9 Å². The normalized spacial score (nSPS) is 13.0. The first kappa shape index (κ1) is 13.7. The maximum atomic E-state index is 11.0. The Morgan fingerprint density at radius 3 is 2.75 bits per heavy atom. The molecule has 0 bridgehead atoms. The third kappa shape index (κ3) is 4.23. The van der Waals surface area contributed by atoms with Gasteiger partial charge in [-0.05, 0) is 39.7 Å². The first-order valence-corrected chi connectivity index (χ1v) is 6.86. The Bertz CT molecular complexity index is 352. The predicted molar refractivity (Wildman–Crippen MR) is 69.7 cm³/mol. The molecule has 0 fully saturated rings. The Kier molecular flexibility index (Phi) is 5.44. The van der Waals surface area contributed by atoms with Gasteiger partial charge in [0.25, 0.3) is 0 Å². The van der Waals surface area contributed by atoms with Gasteiger partial charge in [-0.2, -0.15) is 0 Å². The average Bonchev–Trinajstić information content (AvgIpc) is 2.57. The molecular formula is C11H16BrNO2S. The second-order valence-electron chi connectivity index (χ2n) is 4.09. The van der Waals surface area contributed by atoms with Crippen molar-refractivity contribution in [2.45, 2.75) is 32.9 Å². The van der Waals surface area contributed by atoms with Crippen molar-refractivity contribution in [2.75, 3.05) is 0 Å². The summed E-state index contributed by atoms with van der Waals surface area (Å²) in [6, 6.07) is 1.51. The number of carboxylic acid groups (broad SMARTS) is 1. The highest BCUT2D eigenvalue weighted by Crippen LogP contribution is 2.22. The Balaban J connectivity index is 2.50. The van der Waals surface area contributed by atoms with Crippen LogP contribution in [0.1, 0.15) is 25.1 Å². The summed E-state index contributed by atoms with van der Waals surface area (Å²) in [4.78, 5) is 12.1. The zero-order valence-corrected chi connectivity index (χ0v) is 11.8. The molecule has 1 aromatic rings. The summed E-state index contributed by atoms with van der Waals surface area (Å²) in [7, 11) is 0. The largest absolute Gasteiger partial charge is 0.480 e. The quantitative estimate of drug-likeness (QED) is 0.849. The Morgan fingerprint density at radius 2 is 2.31 bits per heavy atom. The van der Waals surface area contributed by atoms with Crippen molar-refractivity contribution in [3.8, 4) is 0 Å². The number of halogens is 1. The summed E-state index contributed by atoms with van der Waals surface area (Å²) >= 11 is 5.05. The molecule has 0 aliphatic heterocycles. The van der Waals surface area contributed by atoms with E-state index in [1.54, 1.807) is 11.3 Å². The van der Waals surface area contributed by atoms with Crippen molar-refractivity contribution < 1.29 is 9.90 Å². The van der Waals surface area contributed by atoms with E-state index in [2.05, 4.69) is 21.2 Å². The van der Waals surface area contributed by atoms with E-state index < -0.39 is 12.0 Å². The van der Waals surface area contributed by atoms with Gasteiger partial charge in [-0.3, -0.25) is 10.1 Å². The molecule has 90 valence electrons. The fourth-order valence-electron chi connectivity index (χ4n) is 1.41. The third-order valence-electron chi connectivity index (χ3n) is 2.21. The molecule has 0 spiro atoms. The molecule has 1 aromatic heterocycles. The topological polar surface area (TPSA) is 49.3 Å². The number of thiophene rings is 1. The van der Waals surface area contributed by atoms with E-state index in [4.69, 9.17) is 5.11 Å². The fraction of sp³-hybridized carbons (Fsp3) is 0.545. The molecular weight excluding hydrogens is 290 g/mol. The Morgan fingerprint density at radius 1 is 1.62 bits per heavy atom. The molecule has 1 heterocycles. The lowest BCUT2D eigenvalue weighted by Gasteiger charge is -2.16. The van der Waals surface area contributed by atoms with Crippen molar-refractivity contribution in [3.63, 3.8) is 0 Å². The summed E-state index contributed by atoms with van der Waals surface area (Å²) in [6.45, 7) is 4.65. The van der Waals surface area contributed by atoms with Gasteiger partial charge in [0.15, 0.2) is 0 Å². The van der Waals surface area contributed by atoms with Crippen LogP contribution in [0.2, 0.25) is 0 Å². The van der Waals surface area contributed by atoms with E-state index in [9.17, 15) is 4.79 Å². The maximum Gasteiger partial charge on any atom is 0.320 e. The van der Waals surface area contributed by atoms with Gasteiger partial charge in [-0.1, -0.05) is 13.8 Å². The van der Waals surface area contributed by atoms with Crippen LogP contribution in [0.3, 0.4) is 0 Å². The highest BCUT2D eigenvalue weighted by Gasteiger charge is 2.18. The first-order chi connectivity index (χ1) is 7.50. The van der Waals surface area contributed by atoms with E-state index in [1.807, 2.05) is 25.3 Å². The molecule has 0 aliphatic carbocycles. The zero-order valence-electron chi connectivity index (χ0n) is 9.37. The van der Waals surface area contributed by atoms with Gasteiger partial charge < -0.3 is 5.11 Å². The molecule has 3 nitrogen and oxygen atoms in total. The van der Waals surface area contributed by atoms with Gasteiger partial charge in [0, 0.05) is 15.9 Å². The van der Waals surface area contributed by atoms with E-state index in [-0.39, 0.29) is 0 Å². The van der Waals surface area contributed by atoms with Crippen LogP contribution >= 0.6 is 27.3 Å². The maximum absolute atomic E-state index is 11.0. The van der Waals surface area contributed by atoms with Crippen LogP contribution in [-0.2, 0) is 11.3 Å². The van der Waals surface area contributed by atoms with Crippen LogP contribution < -0.4 is 5.32 Å². The van der Waals surface area contributed by atoms with Crippen molar-refractivity contribution in [1.82, 2.24) is 5.32 Å². The number of carbonyl (C=O) groups is 1.